The summed E-state index contributed by atoms with van der Waals surface area (Å²) < 4.78 is 26.2. The Hall–Kier alpha value is -2.77. The average molecular weight is 705 g/mol. The average Bonchev–Trinajstić information content (AvgIpc) is 3.07. The van der Waals surface area contributed by atoms with Crippen molar-refractivity contribution in [2.24, 2.45) is 0 Å². The molecule has 0 fully saturated rings. The van der Waals surface area contributed by atoms with Crippen LogP contribution in [0, 0.1) is 0 Å². The largest absolute Gasteiger partial charge is 0.469 e. The Morgan fingerprint density at radius 3 is 1.55 bits per heavy atom. The topological polar surface area (TPSA) is 119 Å². The maximum atomic E-state index is 12.3. The van der Waals surface area contributed by atoms with Crippen LogP contribution in [0.4, 0.5) is 0 Å². The van der Waals surface area contributed by atoms with Gasteiger partial charge in [-0.1, -0.05) is 157 Å². The third kappa shape index (κ3) is 37.9. The van der Waals surface area contributed by atoms with Crippen LogP contribution in [-0.4, -0.2) is 41.0 Å². The Bertz CT molecular complexity index is 1060. The highest BCUT2D eigenvalue weighted by atomic mass is 31.2. The van der Waals surface area contributed by atoms with Crippen LogP contribution >= 0.6 is 7.82 Å². The highest BCUT2D eigenvalue weighted by Crippen LogP contribution is 2.35. The van der Waals surface area contributed by atoms with Gasteiger partial charge in [0.05, 0.1) is 6.61 Å². The van der Waals surface area contributed by atoms with Gasteiger partial charge in [0.2, 0.25) is 0 Å². The number of phosphoric ester groups is 1. The highest BCUT2D eigenvalue weighted by molar-refractivity contribution is 7.46. The van der Waals surface area contributed by atoms with Gasteiger partial charge in [-0.15, -0.1) is 0 Å². The summed E-state index contributed by atoms with van der Waals surface area (Å²) in [7, 11) is -4.78. The Morgan fingerprint density at radius 2 is 1.00 bits per heavy atom. The molecule has 0 aromatic carbocycles. The normalized spacial score (nSPS) is 13.5. The fourth-order valence-corrected chi connectivity index (χ4v) is 4.93. The zero-order chi connectivity index (χ0) is 36.1. The minimum Gasteiger partial charge on any atom is -0.462 e. The lowest BCUT2D eigenvalue weighted by Gasteiger charge is -2.18. The van der Waals surface area contributed by atoms with Crippen molar-refractivity contribution in [2.45, 2.75) is 142 Å². The standard InChI is InChI=1S/C40H65O8P/c1-3-5-7-9-11-13-15-17-18-19-20-21-23-24-26-28-30-32-34-39(41)46-36-38(37-47-49(43,44)45)48-40(42)35-33-31-29-27-25-22-16-14-12-10-8-6-4-2/h6,8,10,12,14,16,18-22,25,27,29,38H,3-5,7,9,11,13,15,17,23-24,26,28,30-37H2,1-2H3,(H2,43,44,45)/b8-6+,12-10+,16-14+,19-18+,21-20+,25-22+,29-27+. The van der Waals surface area contributed by atoms with Gasteiger partial charge in [-0.25, -0.2) is 4.57 Å². The van der Waals surface area contributed by atoms with E-state index in [1.807, 2.05) is 54.7 Å². The Kier molecular flexibility index (Phi) is 33.1. The van der Waals surface area contributed by atoms with E-state index < -0.39 is 32.5 Å². The van der Waals surface area contributed by atoms with Gasteiger partial charge in [0.15, 0.2) is 6.10 Å². The lowest BCUT2D eigenvalue weighted by Crippen LogP contribution is -2.29. The van der Waals surface area contributed by atoms with Crippen molar-refractivity contribution in [1.29, 1.82) is 0 Å². The molecule has 0 spiro atoms. The predicted octanol–water partition coefficient (Wildman–Crippen LogP) is 10.9. The molecule has 0 saturated carbocycles. The van der Waals surface area contributed by atoms with Gasteiger partial charge in [-0.2, -0.15) is 0 Å². The zero-order valence-electron chi connectivity index (χ0n) is 30.3. The second kappa shape index (κ2) is 35.1. The number of hydrogen-bond acceptors (Lipinski definition) is 6. The lowest BCUT2D eigenvalue weighted by atomic mass is 10.1. The second-order valence-corrected chi connectivity index (χ2v) is 13.2. The molecule has 8 nitrogen and oxygen atoms in total. The van der Waals surface area contributed by atoms with Crippen molar-refractivity contribution < 1.29 is 37.9 Å². The first-order valence-corrected chi connectivity index (χ1v) is 20.0. The first kappa shape index (κ1) is 46.2. The monoisotopic (exact) mass is 704 g/mol. The highest BCUT2D eigenvalue weighted by Gasteiger charge is 2.22. The molecule has 0 heterocycles. The maximum absolute atomic E-state index is 12.3. The summed E-state index contributed by atoms with van der Waals surface area (Å²) in [5.74, 6) is -0.999. The summed E-state index contributed by atoms with van der Waals surface area (Å²) in [4.78, 5) is 42.6. The van der Waals surface area contributed by atoms with Gasteiger partial charge < -0.3 is 19.3 Å². The molecule has 0 saturated heterocycles. The van der Waals surface area contributed by atoms with Crippen molar-refractivity contribution in [3.63, 3.8) is 0 Å². The van der Waals surface area contributed by atoms with Crippen LogP contribution in [0.2, 0.25) is 0 Å². The quantitative estimate of drug-likeness (QED) is 0.0307. The van der Waals surface area contributed by atoms with Gasteiger partial charge in [-0.3, -0.25) is 14.1 Å². The van der Waals surface area contributed by atoms with Gasteiger partial charge >= 0.3 is 19.8 Å². The van der Waals surface area contributed by atoms with Gasteiger partial charge in [0.25, 0.3) is 0 Å². The van der Waals surface area contributed by atoms with E-state index >= 15 is 0 Å². The number of phosphoric acid groups is 1. The number of ether oxygens (including phenoxy) is 2. The molecule has 0 aromatic heterocycles. The molecule has 49 heavy (non-hydrogen) atoms. The van der Waals surface area contributed by atoms with Crippen LogP contribution in [0.25, 0.3) is 0 Å². The molecule has 0 bridgehead atoms. The van der Waals surface area contributed by atoms with E-state index in [0.29, 0.717) is 19.3 Å². The summed E-state index contributed by atoms with van der Waals surface area (Å²) >= 11 is 0. The number of carbonyl (C=O) groups excluding carboxylic acids is 2. The van der Waals surface area contributed by atoms with Crippen LogP contribution in [0.3, 0.4) is 0 Å². The van der Waals surface area contributed by atoms with E-state index in [0.717, 1.165) is 44.9 Å². The molecule has 0 aliphatic rings. The Morgan fingerprint density at radius 1 is 0.551 bits per heavy atom. The fourth-order valence-electron chi connectivity index (χ4n) is 4.57. The molecular weight excluding hydrogens is 639 g/mol. The smallest absolute Gasteiger partial charge is 0.462 e. The van der Waals surface area contributed by atoms with Gasteiger partial charge in [-0.05, 0) is 51.4 Å². The molecule has 0 aromatic rings. The molecular formula is C40H65O8P. The molecule has 278 valence electrons. The molecule has 0 aliphatic carbocycles. The van der Waals surface area contributed by atoms with Gasteiger partial charge in [0, 0.05) is 12.8 Å². The molecule has 9 heteroatoms. The zero-order valence-corrected chi connectivity index (χ0v) is 31.2. The van der Waals surface area contributed by atoms with E-state index in [1.54, 1.807) is 0 Å². The number of unbranched alkanes of at least 4 members (excludes halogenated alkanes) is 13. The molecule has 0 radical (unpaired) electrons. The van der Waals surface area contributed by atoms with Crippen LogP contribution in [0.1, 0.15) is 136 Å². The third-order valence-electron chi connectivity index (χ3n) is 7.30. The van der Waals surface area contributed by atoms with Crippen molar-refractivity contribution in [2.75, 3.05) is 13.2 Å². The summed E-state index contributed by atoms with van der Waals surface area (Å²) in [5, 5.41) is 0. The van der Waals surface area contributed by atoms with Crippen molar-refractivity contribution in [3.05, 3.63) is 85.1 Å². The van der Waals surface area contributed by atoms with Crippen molar-refractivity contribution in [3.8, 4) is 0 Å². The van der Waals surface area contributed by atoms with E-state index in [2.05, 4.69) is 48.8 Å². The molecule has 0 amide bonds. The molecule has 1 unspecified atom stereocenters. The van der Waals surface area contributed by atoms with Crippen LogP contribution in [0.15, 0.2) is 85.1 Å². The predicted molar refractivity (Wildman–Crippen MR) is 202 cm³/mol. The molecule has 2 N–H and O–H groups in total. The van der Waals surface area contributed by atoms with Crippen LogP contribution in [-0.2, 0) is 28.2 Å². The van der Waals surface area contributed by atoms with Crippen molar-refractivity contribution >= 4 is 19.8 Å². The van der Waals surface area contributed by atoms with Crippen LogP contribution < -0.4 is 0 Å². The number of esters is 2. The Labute approximate surface area is 297 Å². The minimum atomic E-state index is -4.78. The van der Waals surface area contributed by atoms with Crippen LogP contribution in [0.5, 0.6) is 0 Å². The summed E-state index contributed by atoms with van der Waals surface area (Å²) in [6.07, 6.45) is 46.0. The van der Waals surface area contributed by atoms with E-state index in [4.69, 9.17) is 19.3 Å². The number of carbonyl (C=O) groups is 2. The van der Waals surface area contributed by atoms with E-state index in [9.17, 15) is 14.2 Å². The van der Waals surface area contributed by atoms with Crippen molar-refractivity contribution in [1.82, 2.24) is 0 Å². The fraction of sp³-hybridized carbons (Fsp3) is 0.600. The minimum absolute atomic E-state index is 0.107. The van der Waals surface area contributed by atoms with Gasteiger partial charge in [0.1, 0.15) is 6.61 Å². The summed E-state index contributed by atoms with van der Waals surface area (Å²) in [6.45, 7) is 3.43. The molecule has 0 aliphatic heterocycles. The first-order chi connectivity index (χ1) is 23.8. The van der Waals surface area contributed by atoms with E-state index in [-0.39, 0.29) is 19.4 Å². The Balaban J connectivity index is 4.12. The third-order valence-corrected chi connectivity index (χ3v) is 7.79. The number of allylic oxidation sites excluding steroid dienone is 14. The summed E-state index contributed by atoms with van der Waals surface area (Å²) in [6, 6.07) is 0. The molecule has 0 rings (SSSR count). The maximum Gasteiger partial charge on any atom is 0.469 e. The second-order valence-electron chi connectivity index (χ2n) is 12.0. The lowest BCUT2D eigenvalue weighted by molar-refractivity contribution is -0.161. The number of hydrogen-bond donors (Lipinski definition) is 2. The summed E-state index contributed by atoms with van der Waals surface area (Å²) in [5.41, 5.74) is 0. The SMILES string of the molecule is CC/C=C/C=C/C=C/C=C/C=C/CCCC(=O)OC(COC(=O)CCCCCCC/C=C/C=C/CCCCCCCCC)COP(=O)(O)O. The first-order valence-electron chi connectivity index (χ1n) is 18.5. The number of rotatable bonds is 32. The van der Waals surface area contributed by atoms with E-state index in [1.165, 1.54) is 44.9 Å². The molecule has 1 atom stereocenters.